The molecule has 1 aromatic heterocycles. The monoisotopic (exact) mass is 358 g/mol. The number of hydrogen-bond acceptors (Lipinski definition) is 3. The van der Waals surface area contributed by atoms with Crippen LogP contribution in [0.2, 0.25) is 5.02 Å². The highest BCUT2D eigenvalue weighted by atomic mass is 35.5. The largest absolute Gasteiger partial charge is 0.478 e. The number of aryl methyl sites for hydroxylation is 1. The van der Waals surface area contributed by atoms with E-state index in [-0.39, 0.29) is 5.57 Å². The Morgan fingerprint density at radius 3 is 2.32 bits per heavy atom. The molecule has 0 aliphatic carbocycles. The van der Waals surface area contributed by atoms with E-state index in [0.29, 0.717) is 5.70 Å². The molecule has 25 heavy (non-hydrogen) atoms. The van der Waals surface area contributed by atoms with Crippen LogP contribution in [0.5, 0.6) is 0 Å². The topological polar surface area (TPSA) is 62.5 Å². The predicted molar refractivity (Wildman–Crippen MR) is 103 cm³/mol. The van der Waals surface area contributed by atoms with Crippen LogP contribution in [-0.2, 0) is 11.2 Å². The molecule has 1 heterocycles. The van der Waals surface area contributed by atoms with Crippen molar-refractivity contribution in [2.75, 3.05) is 0 Å². The SMILES string of the molecule is CC(=N/C(C)=C(\C)C(=O)O)c1cccnc1.CCc1ccccc1Cl. The number of hydrogen-bond donors (Lipinski definition) is 1. The summed E-state index contributed by atoms with van der Waals surface area (Å²) in [7, 11) is 0. The second kappa shape index (κ2) is 10.4. The number of carboxylic acids is 1. The third-order valence-electron chi connectivity index (χ3n) is 3.62. The average Bonchev–Trinajstić information content (AvgIpc) is 2.62. The van der Waals surface area contributed by atoms with Crippen LogP contribution in [0.1, 0.15) is 38.8 Å². The maximum atomic E-state index is 10.7. The summed E-state index contributed by atoms with van der Waals surface area (Å²) in [5.74, 6) is -0.944. The molecule has 0 aliphatic heterocycles. The van der Waals surface area contributed by atoms with Crippen molar-refractivity contribution < 1.29 is 9.90 Å². The van der Waals surface area contributed by atoms with Crippen molar-refractivity contribution in [2.24, 2.45) is 4.99 Å². The lowest BCUT2D eigenvalue weighted by atomic mass is 10.2. The number of halogens is 1. The molecule has 4 nitrogen and oxygen atoms in total. The maximum absolute atomic E-state index is 10.7. The third-order valence-corrected chi connectivity index (χ3v) is 3.99. The van der Waals surface area contributed by atoms with Crippen LogP contribution in [0, 0.1) is 0 Å². The first-order chi connectivity index (χ1) is 11.9. The molecule has 0 bridgehead atoms. The Labute approximate surface area is 153 Å². The molecule has 0 radical (unpaired) electrons. The predicted octanol–water partition coefficient (Wildman–Crippen LogP) is 5.17. The molecule has 0 spiro atoms. The Hall–Kier alpha value is -2.46. The second-order valence-electron chi connectivity index (χ2n) is 5.40. The summed E-state index contributed by atoms with van der Waals surface area (Å²) in [6.45, 7) is 7.15. The van der Waals surface area contributed by atoms with Gasteiger partial charge in [-0.2, -0.15) is 0 Å². The van der Waals surface area contributed by atoms with E-state index in [1.807, 2.05) is 43.3 Å². The van der Waals surface area contributed by atoms with Crippen molar-refractivity contribution >= 4 is 23.3 Å². The number of aromatic nitrogens is 1. The van der Waals surface area contributed by atoms with Gasteiger partial charge >= 0.3 is 5.97 Å². The number of aliphatic imine (C=N–C) groups is 1. The van der Waals surface area contributed by atoms with E-state index in [0.717, 1.165) is 22.7 Å². The van der Waals surface area contributed by atoms with Crippen molar-refractivity contribution in [2.45, 2.75) is 34.1 Å². The van der Waals surface area contributed by atoms with Gasteiger partial charge in [0.15, 0.2) is 0 Å². The fourth-order valence-corrected chi connectivity index (χ4v) is 2.19. The molecule has 0 atom stereocenters. The Morgan fingerprint density at radius 2 is 1.84 bits per heavy atom. The molecule has 1 aromatic carbocycles. The summed E-state index contributed by atoms with van der Waals surface area (Å²) in [6.07, 6.45) is 4.39. The summed E-state index contributed by atoms with van der Waals surface area (Å²) in [6, 6.07) is 11.6. The van der Waals surface area contributed by atoms with Gasteiger partial charge in [-0.05, 0) is 44.9 Å². The average molecular weight is 359 g/mol. The smallest absolute Gasteiger partial charge is 0.333 e. The highest BCUT2D eigenvalue weighted by molar-refractivity contribution is 6.31. The zero-order valence-corrected chi connectivity index (χ0v) is 15.7. The van der Waals surface area contributed by atoms with Crippen LogP contribution in [0.3, 0.4) is 0 Å². The van der Waals surface area contributed by atoms with Crippen LogP contribution in [0.4, 0.5) is 0 Å². The summed E-state index contributed by atoms with van der Waals surface area (Å²) in [5.41, 5.74) is 3.63. The Morgan fingerprint density at radius 1 is 1.16 bits per heavy atom. The fraction of sp³-hybridized carbons (Fsp3) is 0.250. The van der Waals surface area contributed by atoms with Crippen molar-refractivity contribution in [1.29, 1.82) is 0 Å². The highest BCUT2D eigenvalue weighted by Crippen LogP contribution is 2.14. The van der Waals surface area contributed by atoms with E-state index in [1.54, 1.807) is 19.3 Å². The summed E-state index contributed by atoms with van der Waals surface area (Å²) in [5, 5.41) is 9.67. The van der Waals surface area contributed by atoms with Crippen LogP contribution in [0.15, 0.2) is 65.1 Å². The van der Waals surface area contributed by atoms with Gasteiger partial charge in [-0.1, -0.05) is 42.8 Å². The van der Waals surface area contributed by atoms with Crippen molar-refractivity contribution in [3.05, 3.63) is 76.2 Å². The lowest BCUT2D eigenvalue weighted by molar-refractivity contribution is -0.132. The summed E-state index contributed by atoms with van der Waals surface area (Å²) < 4.78 is 0. The van der Waals surface area contributed by atoms with Gasteiger partial charge in [0.2, 0.25) is 0 Å². The molecule has 0 aliphatic rings. The number of aliphatic carboxylic acids is 1. The molecule has 1 N–H and O–H groups in total. The molecule has 2 aromatic rings. The van der Waals surface area contributed by atoms with Gasteiger partial charge in [-0.3, -0.25) is 9.98 Å². The van der Waals surface area contributed by atoms with Crippen molar-refractivity contribution in [3.63, 3.8) is 0 Å². The van der Waals surface area contributed by atoms with Gasteiger partial charge in [0.25, 0.3) is 0 Å². The first-order valence-corrected chi connectivity index (χ1v) is 8.34. The van der Waals surface area contributed by atoms with Gasteiger partial charge in [0.05, 0.1) is 5.57 Å². The van der Waals surface area contributed by atoms with E-state index in [9.17, 15) is 4.79 Å². The Bertz CT molecular complexity index is 768. The van der Waals surface area contributed by atoms with E-state index in [1.165, 1.54) is 12.5 Å². The van der Waals surface area contributed by atoms with Gasteiger partial charge in [0.1, 0.15) is 0 Å². The normalized spacial score (nSPS) is 12.0. The molecule has 5 heteroatoms. The minimum absolute atomic E-state index is 0.253. The number of pyridine rings is 1. The number of carbonyl (C=O) groups is 1. The van der Waals surface area contributed by atoms with Crippen LogP contribution < -0.4 is 0 Å². The highest BCUT2D eigenvalue weighted by Gasteiger charge is 2.05. The number of nitrogens with zero attached hydrogens (tertiary/aromatic N) is 2. The molecule has 0 unspecified atom stereocenters. The minimum atomic E-state index is -0.944. The molecule has 0 amide bonds. The fourth-order valence-electron chi connectivity index (χ4n) is 1.92. The van der Waals surface area contributed by atoms with Crippen molar-refractivity contribution in [3.8, 4) is 0 Å². The molecule has 132 valence electrons. The second-order valence-corrected chi connectivity index (χ2v) is 5.81. The molecule has 0 saturated carbocycles. The number of carboxylic acid groups (broad SMARTS) is 1. The van der Waals surface area contributed by atoms with Gasteiger partial charge < -0.3 is 5.11 Å². The lowest BCUT2D eigenvalue weighted by Crippen LogP contribution is -2.01. The Kier molecular flexibility index (Phi) is 8.57. The summed E-state index contributed by atoms with van der Waals surface area (Å²) in [4.78, 5) is 18.9. The number of rotatable bonds is 4. The third kappa shape index (κ3) is 6.89. The van der Waals surface area contributed by atoms with E-state index in [2.05, 4.69) is 16.9 Å². The number of allylic oxidation sites excluding steroid dienone is 1. The molecular formula is C20H23ClN2O2. The maximum Gasteiger partial charge on any atom is 0.333 e. The van der Waals surface area contributed by atoms with Gasteiger partial charge in [-0.25, -0.2) is 4.79 Å². The van der Waals surface area contributed by atoms with E-state index in [4.69, 9.17) is 16.7 Å². The van der Waals surface area contributed by atoms with Crippen LogP contribution in [-0.4, -0.2) is 21.8 Å². The molecule has 2 rings (SSSR count). The standard InChI is InChI=1S/C12H14N2O2.C8H9Cl/c1-8(12(15)16)9(2)14-10(3)11-5-4-6-13-7-11;1-2-7-5-3-4-6-8(7)9/h4-7H,1-3H3,(H,15,16);3-6H,2H2,1H3/b9-8+,14-10?;. The van der Waals surface area contributed by atoms with Gasteiger partial charge in [0, 0.05) is 34.4 Å². The van der Waals surface area contributed by atoms with Crippen LogP contribution in [0.25, 0.3) is 0 Å². The van der Waals surface area contributed by atoms with E-state index >= 15 is 0 Å². The minimum Gasteiger partial charge on any atom is -0.478 e. The van der Waals surface area contributed by atoms with Crippen LogP contribution >= 0.6 is 11.6 Å². The zero-order valence-electron chi connectivity index (χ0n) is 15.0. The number of benzene rings is 1. The Balaban J connectivity index is 0.000000293. The van der Waals surface area contributed by atoms with Gasteiger partial charge in [-0.15, -0.1) is 0 Å². The molecule has 0 fully saturated rings. The lowest BCUT2D eigenvalue weighted by Gasteiger charge is -2.02. The molecular weight excluding hydrogens is 336 g/mol. The van der Waals surface area contributed by atoms with E-state index < -0.39 is 5.97 Å². The first kappa shape index (κ1) is 20.6. The first-order valence-electron chi connectivity index (χ1n) is 7.96. The van der Waals surface area contributed by atoms with Crippen molar-refractivity contribution in [1.82, 2.24) is 4.98 Å². The zero-order chi connectivity index (χ0) is 18.8. The molecule has 0 saturated heterocycles. The summed E-state index contributed by atoms with van der Waals surface area (Å²) >= 11 is 5.82. The quantitative estimate of drug-likeness (QED) is 0.605.